The molecule has 1 saturated carbocycles. The lowest BCUT2D eigenvalue weighted by molar-refractivity contribution is -0.187. The standard InChI is InChI=1S/C58H65F5N10O9S/c1-33-48(83-32-66-33)38-10-11-39(25-65-50(77)44-24-42(74)29-72(44)51(78)49(55(3,4)5)68-52(79)56(60)18-19-56)45(23-38)82-21-7-6-20-64-46(75)30-70-28-40(26-67-70)36-12-15-43-37(22-36)16-17-57(43)53(80)73(54(81)69-57)31-47(76)71(34(2)58(61,62)63)27-35-8-13-41(59)14-9-35/h8-15,22-23,26,28,32,34,42,44,49,74H,6-7,16-21,24-25,27,29-31H2,1-5H3,(H,64,75)(H,65,77)(H,68,79)(H,69,81)/t34-,42+,44-,49+,57-/m0/s1. The molecule has 0 radical (unpaired) electrons. The van der Waals surface area contributed by atoms with E-state index < -0.39 is 102 Å². The Balaban J connectivity index is 0.763. The number of hydrogen-bond donors (Lipinski definition) is 5. The maximum absolute atomic E-state index is 14.7. The Morgan fingerprint density at radius 3 is 2.37 bits per heavy atom. The number of rotatable bonds is 21. The average Bonchev–Trinajstić information content (AvgIpc) is 1.98. The zero-order valence-corrected chi connectivity index (χ0v) is 47.2. The molecular formula is C58H65F5N10O9S. The molecule has 0 bridgehead atoms. The topological polar surface area (TPSA) is 238 Å². The highest BCUT2D eigenvalue weighted by Crippen LogP contribution is 2.44. The monoisotopic (exact) mass is 1170 g/mol. The number of benzene rings is 3. The summed E-state index contributed by atoms with van der Waals surface area (Å²) < 4.78 is 77.9. The van der Waals surface area contributed by atoms with E-state index in [1.165, 1.54) is 33.1 Å². The highest BCUT2D eigenvalue weighted by Gasteiger charge is 2.57. The number of aliphatic hydroxyl groups is 1. The molecule has 442 valence electrons. The van der Waals surface area contributed by atoms with Crippen molar-refractivity contribution in [3.05, 3.63) is 112 Å². The van der Waals surface area contributed by atoms with Gasteiger partial charge in [0.1, 0.15) is 48.3 Å². The highest BCUT2D eigenvalue weighted by molar-refractivity contribution is 7.13. The number of nitrogens with one attached hydrogen (secondary N) is 4. The Labute approximate surface area is 479 Å². The summed E-state index contributed by atoms with van der Waals surface area (Å²) in [6.45, 7) is 6.75. The molecule has 2 aromatic heterocycles. The molecule has 5 aromatic rings. The zero-order chi connectivity index (χ0) is 59.8. The normalized spacial score (nSPS) is 19.7. The fraction of sp³-hybridized carbons (Fsp3) is 0.466. The summed E-state index contributed by atoms with van der Waals surface area (Å²) in [6, 6.07) is 10.0. The number of halogens is 5. The minimum Gasteiger partial charge on any atom is -0.493 e. The van der Waals surface area contributed by atoms with E-state index in [2.05, 4.69) is 31.3 Å². The number of ether oxygens (including phenoxy) is 1. The van der Waals surface area contributed by atoms with Gasteiger partial charge in [-0.1, -0.05) is 63.2 Å². The number of aromatic nitrogens is 3. The summed E-state index contributed by atoms with van der Waals surface area (Å²) >= 11 is 1.47. The van der Waals surface area contributed by atoms with Gasteiger partial charge in [0.2, 0.25) is 23.6 Å². The van der Waals surface area contributed by atoms with Crippen LogP contribution in [-0.4, -0.2) is 138 Å². The van der Waals surface area contributed by atoms with E-state index in [0.717, 1.165) is 40.8 Å². The largest absolute Gasteiger partial charge is 0.493 e. The highest BCUT2D eigenvalue weighted by atomic mass is 32.1. The van der Waals surface area contributed by atoms with Crippen molar-refractivity contribution in [1.29, 1.82) is 0 Å². The molecule has 4 aliphatic rings. The Kier molecular flexibility index (Phi) is 17.2. The molecular weight excluding hydrogens is 1110 g/mol. The third-order valence-electron chi connectivity index (χ3n) is 15.6. The van der Waals surface area contributed by atoms with Crippen molar-refractivity contribution in [3.8, 4) is 27.3 Å². The van der Waals surface area contributed by atoms with Gasteiger partial charge in [0, 0.05) is 49.9 Å². The van der Waals surface area contributed by atoms with Crippen molar-refractivity contribution in [2.45, 2.75) is 141 Å². The third kappa shape index (κ3) is 13.2. The molecule has 2 aliphatic carbocycles. The second-order valence-electron chi connectivity index (χ2n) is 22.7. The Morgan fingerprint density at radius 2 is 1.69 bits per heavy atom. The van der Waals surface area contributed by atoms with Crippen molar-refractivity contribution in [1.82, 2.24) is 50.7 Å². The molecule has 83 heavy (non-hydrogen) atoms. The number of aryl methyl sites for hydroxylation is 2. The third-order valence-corrected chi connectivity index (χ3v) is 16.6. The van der Waals surface area contributed by atoms with Crippen LogP contribution >= 0.6 is 11.3 Å². The van der Waals surface area contributed by atoms with Crippen molar-refractivity contribution < 1.29 is 65.4 Å². The van der Waals surface area contributed by atoms with E-state index in [1.807, 2.05) is 31.2 Å². The van der Waals surface area contributed by atoms with Crippen LogP contribution in [0.1, 0.15) is 94.2 Å². The number of likely N-dealkylation sites (tertiary alicyclic amines) is 1. The number of aliphatic hydroxyl groups excluding tert-OH is 1. The van der Waals surface area contributed by atoms with Crippen molar-refractivity contribution in [3.63, 3.8) is 0 Å². The molecule has 9 rings (SSSR count). The number of imide groups is 1. The predicted molar refractivity (Wildman–Crippen MR) is 293 cm³/mol. The number of urea groups is 1. The molecule has 4 heterocycles. The van der Waals surface area contributed by atoms with Gasteiger partial charge in [0.15, 0.2) is 5.67 Å². The summed E-state index contributed by atoms with van der Waals surface area (Å²) in [4.78, 5) is 102. The van der Waals surface area contributed by atoms with Gasteiger partial charge < -0.3 is 40.9 Å². The van der Waals surface area contributed by atoms with E-state index in [4.69, 9.17) is 4.74 Å². The van der Waals surface area contributed by atoms with Gasteiger partial charge in [-0.2, -0.15) is 18.3 Å². The van der Waals surface area contributed by atoms with Crippen LogP contribution in [0.4, 0.5) is 26.7 Å². The molecule has 2 saturated heterocycles. The van der Waals surface area contributed by atoms with E-state index in [9.17, 15) is 60.6 Å². The number of nitrogens with zero attached hydrogens (tertiary/aromatic N) is 6. The van der Waals surface area contributed by atoms with E-state index in [-0.39, 0.29) is 63.4 Å². The first-order valence-electron chi connectivity index (χ1n) is 27.3. The van der Waals surface area contributed by atoms with Crippen molar-refractivity contribution in [2.24, 2.45) is 5.41 Å². The number of hydrogen-bond acceptors (Lipinski definition) is 12. The van der Waals surface area contributed by atoms with Crippen LogP contribution in [0.15, 0.2) is 78.6 Å². The van der Waals surface area contributed by atoms with Gasteiger partial charge >= 0.3 is 12.2 Å². The summed E-state index contributed by atoms with van der Waals surface area (Å²) in [5, 5.41) is 26.1. The molecule has 5 N–H and O–H groups in total. The number of thiazole rings is 1. The zero-order valence-electron chi connectivity index (χ0n) is 46.4. The Hall–Kier alpha value is -7.80. The quantitative estimate of drug-likeness (QED) is 0.0307. The second kappa shape index (κ2) is 23.8. The van der Waals surface area contributed by atoms with Gasteiger partial charge in [-0.15, -0.1) is 11.3 Å². The minimum absolute atomic E-state index is 0.0140. The first-order valence-corrected chi connectivity index (χ1v) is 28.2. The van der Waals surface area contributed by atoms with Gasteiger partial charge in [0.05, 0.1) is 35.0 Å². The molecule has 19 nitrogen and oxygen atoms in total. The van der Waals surface area contributed by atoms with Crippen LogP contribution in [0.2, 0.25) is 0 Å². The maximum Gasteiger partial charge on any atom is 0.408 e. The number of alkyl halides is 4. The molecule has 25 heteroatoms. The van der Waals surface area contributed by atoms with Gasteiger partial charge in [-0.05, 0) is 104 Å². The average molecular weight is 1170 g/mol. The fourth-order valence-corrected chi connectivity index (χ4v) is 11.4. The Bertz CT molecular complexity index is 3310. The summed E-state index contributed by atoms with van der Waals surface area (Å²) in [7, 11) is 0. The van der Waals surface area contributed by atoms with Crippen molar-refractivity contribution >= 4 is 52.8 Å². The van der Waals surface area contributed by atoms with Crippen LogP contribution in [0.3, 0.4) is 0 Å². The lowest BCUT2D eigenvalue weighted by Gasteiger charge is -2.35. The molecule has 1 spiro atoms. The van der Waals surface area contributed by atoms with E-state index in [1.54, 1.807) is 50.8 Å². The van der Waals surface area contributed by atoms with Gasteiger partial charge in [-0.25, -0.2) is 18.6 Å². The van der Waals surface area contributed by atoms with Crippen LogP contribution < -0.4 is 26.0 Å². The number of carbonyl (C=O) groups excluding carboxylic acids is 7. The van der Waals surface area contributed by atoms with E-state index in [0.29, 0.717) is 63.6 Å². The lowest BCUT2D eigenvalue weighted by atomic mass is 9.85. The van der Waals surface area contributed by atoms with Crippen LogP contribution in [0.5, 0.6) is 5.75 Å². The van der Waals surface area contributed by atoms with Crippen molar-refractivity contribution in [2.75, 3.05) is 26.2 Å². The number of β-amino-alcohol motifs (C(OH)–C–C–N with tert-alkyl or cyclic N) is 1. The van der Waals surface area contributed by atoms with Crippen LogP contribution in [-0.2, 0) is 60.4 Å². The summed E-state index contributed by atoms with van der Waals surface area (Å²) in [5.41, 5.74) is 2.47. The number of amides is 8. The summed E-state index contributed by atoms with van der Waals surface area (Å²) in [5.74, 6) is -4.29. The van der Waals surface area contributed by atoms with Gasteiger partial charge in [-0.3, -0.25) is 38.3 Å². The summed E-state index contributed by atoms with van der Waals surface area (Å²) in [6.07, 6.45) is -0.875. The minimum atomic E-state index is -4.83. The van der Waals surface area contributed by atoms with E-state index >= 15 is 0 Å². The Morgan fingerprint density at radius 1 is 0.952 bits per heavy atom. The smallest absolute Gasteiger partial charge is 0.408 e. The molecule has 2 aliphatic heterocycles. The second-order valence-corrected chi connectivity index (χ2v) is 23.6. The predicted octanol–water partition coefficient (Wildman–Crippen LogP) is 6.38. The number of fused-ring (bicyclic) bond motifs is 2. The molecule has 0 unspecified atom stereocenters. The number of unbranched alkanes of at least 4 members (excludes halogenated alkanes) is 1. The molecule has 3 fully saturated rings. The molecule has 8 amide bonds. The van der Waals surface area contributed by atoms with Gasteiger partial charge in [0.25, 0.3) is 11.8 Å². The molecule has 5 atom stereocenters. The van der Waals surface area contributed by atoms with Crippen LogP contribution in [0, 0.1) is 18.2 Å². The first kappa shape index (κ1) is 59.8. The van der Waals surface area contributed by atoms with Crippen LogP contribution in [0.25, 0.3) is 21.6 Å². The first-order chi connectivity index (χ1) is 39.2. The molecule has 3 aromatic carbocycles. The maximum atomic E-state index is 14.7. The fourth-order valence-electron chi connectivity index (χ4n) is 10.6. The SMILES string of the molecule is Cc1ncsc1-c1ccc(CNC(=O)[C@@H]2C[C@@H](O)CN2C(=O)[C@@H](NC(=O)C2(F)CC2)C(C)(C)C)c(OCCCCNC(=O)Cn2cc(-c3ccc4c(c3)CC[C@]43NC(=O)N(CC(=O)N(Cc4ccc(F)cc4)[C@@H](C)C(F)(F)F)C3=O)cn2)c1. The lowest BCUT2D eigenvalue weighted by Crippen LogP contribution is -2.59. The number of carbonyl (C=O) groups is 7.